The summed E-state index contributed by atoms with van der Waals surface area (Å²) in [5.41, 5.74) is 6.90. The first-order valence-electron chi connectivity index (χ1n) is 7.59. The maximum absolute atomic E-state index is 13.6. The molecule has 138 valence electrons. The molecule has 0 atom stereocenters. The Morgan fingerprint density at radius 3 is 2.65 bits per heavy atom. The number of hydrogen-bond acceptors (Lipinski definition) is 6. The molecular formula is C15H15F2N5O3S. The average molecular weight is 383 g/mol. The van der Waals surface area contributed by atoms with Gasteiger partial charge in [-0.3, -0.25) is 4.79 Å². The maximum atomic E-state index is 13.6. The highest BCUT2D eigenvalue weighted by atomic mass is 32.2. The number of carbonyl (C=O) groups is 1. The molecule has 0 radical (unpaired) electrons. The highest BCUT2D eigenvalue weighted by Gasteiger charge is 2.26. The fourth-order valence-electron chi connectivity index (χ4n) is 2.61. The van der Waals surface area contributed by atoms with Crippen molar-refractivity contribution < 1.29 is 22.0 Å². The Labute approximate surface area is 148 Å². The number of carbonyl (C=O) groups excluding carboxylic acids is 1. The lowest BCUT2D eigenvalue weighted by Crippen LogP contribution is -2.32. The molecule has 0 bridgehead atoms. The second kappa shape index (κ2) is 6.92. The summed E-state index contributed by atoms with van der Waals surface area (Å²) in [7, 11) is -4.41. The molecule has 0 unspecified atom stereocenters. The zero-order chi connectivity index (χ0) is 18.9. The highest BCUT2D eigenvalue weighted by Crippen LogP contribution is 2.21. The Kier molecular flexibility index (Phi) is 4.83. The predicted octanol–water partition coefficient (Wildman–Crippen LogP) is 0.548. The molecular weight excluding hydrogens is 368 g/mol. The first-order chi connectivity index (χ1) is 12.3. The molecule has 1 aromatic carbocycles. The SMILES string of the molecule is Nc1ncc2c(n1)CN(C(=O)CCNS(=O)(=O)c1c(F)cccc1F)C2. The van der Waals surface area contributed by atoms with Crippen LogP contribution in [0, 0.1) is 11.6 Å². The summed E-state index contributed by atoms with van der Waals surface area (Å²) in [6, 6.07) is 2.75. The number of amides is 1. The topological polar surface area (TPSA) is 118 Å². The van der Waals surface area contributed by atoms with Crippen molar-refractivity contribution in [2.75, 3.05) is 12.3 Å². The second-order valence-corrected chi connectivity index (χ2v) is 7.35. The zero-order valence-corrected chi connectivity index (χ0v) is 14.3. The minimum Gasteiger partial charge on any atom is -0.368 e. The molecule has 2 aromatic rings. The summed E-state index contributed by atoms with van der Waals surface area (Å²) in [6.07, 6.45) is 1.36. The molecule has 0 saturated carbocycles. The van der Waals surface area contributed by atoms with Gasteiger partial charge in [0, 0.05) is 31.3 Å². The van der Waals surface area contributed by atoms with Crippen molar-refractivity contribution in [2.45, 2.75) is 24.4 Å². The van der Waals surface area contributed by atoms with Crippen LogP contribution in [0.3, 0.4) is 0 Å². The van der Waals surface area contributed by atoms with E-state index in [0.29, 0.717) is 12.2 Å². The number of anilines is 1. The quantitative estimate of drug-likeness (QED) is 0.778. The molecule has 0 fully saturated rings. The van der Waals surface area contributed by atoms with E-state index in [9.17, 15) is 22.0 Å². The largest absolute Gasteiger partial charge is 0.368 e. The Balaban J connectivity index is 1.59. The summed E-state index contributed by atoms with van der Waals surface area (Å²) in [5.74, 6) is -2.62. The van der Waals surface area contributed by atoms with Crippen molar-refractivity contribution >= 4 is 21.9 Å². The average Bonchev–Trinajstić information content (AvgIpc) is 2.97. The first-order valence-corrected chi connectivity index (χ1v) is 9.08. The van der Waals surface area contributed by atoms with Crippen LogP contribution < -0.4 is 10.5 Å². The Morgan fingerprint density at radius 2 is 1.96 bits per heavy atom. The van der Waals surface area contributed by atoms with Crippen LogP contribution >= 0.6 is 0 Å². The van der Waals surface area contributed by atoms with Crippen molar-refractivity contribution in [3.8, 4) is 0 Å². The van der Waals surface area contributed by atoms with Crippen LogP contribution in [-0.2, 0) is 27.9 Å². The monoisotopic (exact) mass is 383 g/mol. The fraction of sp³-hybridized carbons (Fsp3) is 0.267. The van der Waals surface area contributed by atoms with Crippen LogP contribution in [0.2, 0.25) is 0 Å². The van der Waals surface area contributed by atoms with Gasteiger partial charge in [-0.2, -0.15) is 0 Å². The number of nitrogens with two attached hydrogens (primary N) is 1. The number of halogens is 2. The molecule has 3 N–H and O–H groups in total. The van der Waals surface area contributed by atoms with Crippen LogP contribution in [0.25, 0.3) is 0 Å². The molecule has 1 aromatic heterocycles. The number of rotatable bonds is 5. The Bertz CT molecular complexity index is 947. The predicted molar refractivity (Wildman–Crippen MR) is 86.9 cm³/mol. The summed E-state index contributed by atoms with van der Waals surface area (Å²) >= 11 is 0. The smallest absolute Gasteiger partial charge is 0.246 e. The molecule has 0 spiro atoms. The summed E-state index contributed by atoms with van der Waals surface area (Å²) in [4.78, 5) is 20.5. The molecule has 8 nitrogen and oxygen atoms in total. The van der Waals surface area contributed by atoms with E-state index in [1.54, 1.807) is 0 Å². The van der Waals surface area contributed by atoms with E-state index in [4.69, 9.17) is 5.73 Å². The lowest BCUT2D eigenvalue weighted by atomic mass is 10.3. The van der Waals surface area contributed by atoms with Crippen molar-refractivity contribution in [3.05, 3.63) is 47.3 Å². The van der Waals surface area contributed by atoms with E-state index >= 15 is 0 Å². The summed E-state index contributed by atoms with van der Waals surface area (Å²) in [5, 5.41) is 0. The molecule has 0 aliphatic carbocycles. The minimum absolute atomic E-state index is 0.109. The van der Waals surface area contributed by atoms with Crippen LogP contribution in [0.5, 0.6) is 0 Å². The Morgan fingerprint density at radius 1 is 1.27 bits per heavy atom. The van der Waals surface area contributed by atoms with E-state index in [1.165, 1.54) is 11.1 Å². The van der Waals surface area contributed by atoms with Crippen LogP contribution in [0.1, 0.15) is 17.7 Å². The number of sulfonamides is 1. The van der Waals surface area contributed by atoms with Gasteiger partial charge >= 0.3 is 0 Å². The van der Waals surface area contributed by atoms with Gasteiger partial charge in [0.05, 0.1) is 12.2 Å². The third kappa shape index (κ3) is 3.63. The number of nitrogen functional groups attached to an aromatic ring is 1. The van der Waals surface area contributed by atoms with Gasteiger partial charge < -0.3 is 10.6 Å². The molecule has 1 aliphatic heterocycles. The second-order valence-electron chi connectivity index (χ2n) is 5.65. The zero-order valence-electron chi connectivity index (χ0n) is 13.4. The number of aromatic nitrogens is 2. The van der Waals surface area contributed by atoms with E-state index in [0.717, 1.165) is 23.8 Å². The minimum atomic E-state index is -4.41. The van der Waals surface area contributed by atoms with Crippen molar-refractivity contribution in [2.24, 2.45) is 0 Å². The Hall–Kier alpha value is -2.66. The molecule has 26 heavy (non-hydrogen) atoms. The lowest BCUT2D eigenvalue weighted by molar-refractivity contribution is -0.131. The number of hydrogen-bond donors (Lipinski definition) is 2. The van der Waals surface area contributed by atoms with E-state index in [-0.39, 0.29) is 31.4 Å². The molecule has 1 aliphatic rings. The van der Waals surface area contributed by atoms with E-state index < -0.39 is 26.6 Å². The number of nitrogens with one attached hydrogen (secondary N) is 1. The molecule has 3 rings (SSSR count). The van der Waals surface area contributed by atoms with Crippen LogP contribution in [0.4, 0.5) is 14.7 Å². The number of fused-ring (bicyclic) bond motifs is 1. The van der Waals surface area contributed by atoms with Crippen molar-refractivity contribution in [1.82, 2.24) is 19.6 Å². The summed E-state index contributed by atoms with van der Waals surface area (Å²) in [6.45, 7) is 0.244. The molecule has 2 heterocycles. The highest BCUT2D eigenvalue weighted by molar-refractivity contribution is 7.89. The van der Waals surface area contributed by atoms with Crippen LogP contribution in [0.15, 0.2) is 29.3 Å². The number of nitrogens with zero attached hydrogens (tertiary/aromatic N) is 3. The molecule has 11 heteroatoms. The fourth-order valence-corrected chi connectivity index (χ4v) is 3.77. The van der Waals surface area contributed by atoms with Gasteiger partial charge in [-0.05, 0) is 12.1 Å². The van der Waals surface area contributed by atoms with Gasteiger partial charge in [-0.25, -0.2) is 31.9 Å². The normalized spacial score (nSPS) is 13.7. The van der Waals surface area contributed by atoms with E-state index in [1.807, 2.05) is 4.72 Å². The van der Waals surface area contributed by atoms with Gasteiger partial charge in [-0.1, -0.05) is 6.07 Å². The van der Waals surface area contributed by atoms with Gasteiger partial charge in [-0.15, -0.1) is 0 Å². The van der Waals surface area contributed by atoms with Crippen molar-refractivity contribution in [3.63, 3.8) is 0 Å². The number of benzene rings is 1. The van der Waals surface area contributed by atoms with E-state index in [2.05, 4.69) is 9.97 Å². The maximum Gasteiger partial charge on any atom is 0.246 e. The molecule has 1 amide bonds. The lowest BCUT2D eigenvalue weighted by Gasteiger charge is -2.15. The van der Waals surface area contributed by atoms with Crippen LogP contribution in [-0.4, -0.2) is 35.7 Å². The van der Waals surface area contributed by atoms with Gasteiger partial charge in [0.1, 0.15) is 11.6 Å². The van der Waals surface area contributed by atoms with Gasteiger partial charge in [0.15, 0.2) is 4.90 Å². The van der Waals surface area contributed by atoms with Gasteiger partial charge in [0.2, 0.25) is 21.9 Å². The standard InChI is InChI=1S/C15H15F2N5O3S/c16-10-2-1-3-11(17)14(10)26(24,25)20-5-4-13(23)22-7-9-6-19-15(18)21-12(9)8-22/h1-3,6,20H,4-5,7-8H2,(H2,18,19,21). The van der Waals surface area contributed by atoms with Gasteiger partial charge in [0.25, 0.3) is 0 Å². The third-order valence-electron chi connectivity index (χ3n) is 3.85. The summed E-state index contributed by atoms with van der Waals surface area (Å²) < 4.78 is 53.3. The first kappa shape index (κ1) is 18.1. The third-order valence-corrected chi connectivity index (χ3v) is 5.36. The molecule has 0 saturated heterocycles. The van der Waals surface area contributed by atoms with Crippen molar-refractivity contribution in [1.29, 1.82) is 0 Å².